The van der Waals surface area contributed by atoms with Crippen LogP contribution in [0, 0.1) is 6.92 Å². The fraction of sp³-hybridized carbons (Fsp3) is 0.333. The molecule has 4 nitrogen and oxygen atoms in total. The maximum absolute atomic E-state index is 4.23. The van der Waals surface area contributed by atoms with E-state index in [1.54, 1.807) is 29.7 Å². The Balaban J connectivity index is 1.79. The number of rotatable bonds is 4. The van der Waals surface area contributed by atoms with Gasteiger partial charge in [0.25, 0.3) is 0 Å². The summed E-state index contributed by atoms with van der Waals surface area (Å²) in [6.45, 7) is 3.58. The molecule has 0 aliphatic heterocycles. The summed E-state index contributed by atoms with van der Waals surface area (Å²) >= 11 is 3.44. The number of thiazole rings is 1. The molecule has 0 fully saturated rings. The topological polar surface area (TPSA) is 49.3 Å². The number of aryl methyl sites for hydroxylation is 1. The second-order valence-electron chi connectivity index (χ2n) is 3.70. The van der Waals surface area contributed by atoms with Crippen LogP contribution in [-0.2, 0) is 13.1 Å². The summed E-state index contributed by atoms with van der Waals surface area (Å²) in [5.41, 5.74) is 0. The molecule has 0 amide bonds. The molecule has 0 saturated carbocycles. The lowest BCUT2D eigenvalue weighted by Gasteiger charge is -2.09. The predicted molar refractivity (Wildman–Crippen MR) is 78.2 cm³/mol. The summed E-state index contributed by atoms with van der Waals surface area (Å²) in [6.07, 6.45) is 1.90. The predicted octanol–water partition coefficient (Wildman–Crippen LogP) is 2.38. The number of hydrogen-bond acceptors (Lipinski definition) is 4. The van der Waals surface area contributed by atoms with E-state index in [0.29, 0.717) is 0 Å². The monoisotopic (exact) mass is 280 g/mol. The van der Waals surface area contributed by atoms with Gasteiger partial charge in [-0.2, -0.15) is 0 Å². The average Bonchev–Trinajstić information content (AvgIpc) is 3.01. The Kier molecular flexibility index (Phi) is 4.72. The van der Waals surface area contributed by atoms with Gasteiger partial charge in [0.05, 0.1) is 18.1 Å². The first-order chi connectivity index (χ1) is 8.78. The van der Waals surface area contributed by atoms with Gasteiger partial charge in [-0.1, -0.05) is 6.07 Å². The van der Waals surface area contributed by atoms with E-state index in [4.69, 9.17) is 0 Å². The quantitative estimate of drug-likeness (QED) is 0.668. The summed E-state index contributed by atoms with van der Waals surface area (Å²) in [4.78, 5) is 10.9. The molecule has 18 heavy (non-hydrogen) atoms. The van der Waals surface area contributed by atoms with Crippen molar-refractivity contribution in [3.63, 3.8) is 0 Å². The molecule has 0 unspecified atom stereocenters. The Morgan fingerprint density at radius 2 is 2.11 bits per heavy atom. The minimum atomic E-state index is 0.760. The van der Waals surface area contributed by atoms with Gasteiger partial charge in [-0.3, -0.25) is 4.99 Å². The van der Waals surface area contributed by atoms with E-state index in [9.17, 15) is 0 Å². The lowest BCUT2D eigenvalue weighted by atomic mass is 10.4. The highest BCUT2D eigenvalue weighted by molar-refractivity contribution is 7.11. The van der Waals surface area contributed by atoms with E-state index >= 15 is 0 Å². The molecular weight excluding hydrogens is 264 g/mol. The van der Waals surface area contributed by atoms with Crippen LogP contribution in [0.15, 0.2) is 28.7 Å². The van der Waals surface area contributed by atoms with Gasteiger partial charge in [0, 0.05) is 23.0 Å². The Hall–Kier alpha value is -1.40. The largest absolute Gasteiger partial charge is 0.352 e. The first-order valence-corrected chi connectivity index (χ1v) is 7.36. The Labute approximate surface area is 115 Å². The highest BCUT2D eigenvalue weighted by Crippen LogP contribution is 2.10. The van der Waals surface area contributed by atoms with Gasteiger partial charge in [-0.25, -0.2) is 4.98 Å². The second kappa shape index (κ2) is 6.51. The second-order valence-corrected chi connectivity index (χ2v) is 6.06. The van der Waals surface area contributed by atoms with Crippen LogP contribution in [0.25, 0.3) is 0 Å². The summed E-state index contributed by atoms with van der Waals surface area (Å²) in [6, 6.07) is 4.16. The van der Waals surface area contributed by atoms with Crippen LogP contribution in [0.4, 0.5) is 0 Å². The van der Waals surface area contributed by atoms with Crippen LogP contribution in [0.5, 0.6) is 0 Å². The fourth-order valence-electron chi connectivity index (χ4n) is 1.46. The number of aromatic nitrogens is 1. The van der Waals surface area contributed by atoms with Gasteiger partial charge in [0.1, 0.15) is 0 Å². The van der Waals surface area contributed by atoms with Gasteiger partial charge in [-0.15, -0.1) is 22.7 Å². The van der Waals surface area contributed by atoms with Gasteiger partial charge in [0.15, 0.2) is 5.96 Å². The summed E-state index contributed by atoms with van der Waals surface area (Å²) in [5, 5.41) is 9.73. The Morgan fingerprint density at radius 1 is 1.33 bits per heavy atom. The normalized spacial score (nSPS) is 11.6. The molecule has 2 aromatic rings. The van der Waals surface area contributed by atoms with Crippen LogP contribution >= 0.6 is 22.7 Å². The SMILES string of the molecule is CN=C(NCc1cccs1)NCc1cnc(C)s1. The molecule has 0 saturated heterocycles. The molecule has 2 heterocycles. The standard InChI is InChI=1S/C12H16N4S2/c1-9-14-7-11(18-9)8-16-12(13-2)15-6-10-4-3-5-17-10/h3-5,7H,6,8H2,1-2H3,(H2,13,15,16). The van der Waals surface area contributed by atoms with Crippen molar-refractivity contribution in [3.05, 3.63) is 38.5 Å². The smallest absolute Gasteiger partial charge is 0.191 e. The summed E-state index contributed by atoms with van der Waals surface area (Å²) < 4.78 is 0. The highest BCUT2D eigenvalue weighted by Gasteiger charge is 2.01. The minimum Gasteiger partial charge on any atom is -0.352 e. The van der Waals surface area contributed by atoms with Crippen LogP contribution in [-0.4, -0.2) is 18.0 Å². The lowest BCUT2D eigenvalue weighted by Crippen LogP contribution is -2.35. The molecule has 0 aliphatic rings. The Bertz CT molecular complexity index is 502. The third kappa shape index (κ3) is 3.82. The number of nitrogens with zero attached hydrogens (tertiary/aromatic N) is 2. The number of aliphatic imine (C=N–C) groups is 1. The third-order valence-corrected chi connectivity index (χ3v) is 4.12. The Morgan fingerprint density at radius 3 is 2.67 bits per heavy atom. The molecular formula is C12H16N4S2. The van der Waals surface area contributed by atoms with Gasteiger partial charge in [0.2, 0.25) is 0 Å². The van der Waals surface area contributed by atoms with Crippen molar-refractivity contribution in [1.29, 1.82) is 0 Å². The maximum Gasteiger partial charge on any atom is 0.191 e. The zero-order valence-corrected chi connectivity index (χ0v) is 12.1. The van der Waals surface area contributed by atoms with Gasteiger partial charge < -0.3 is 10.6 Å². The lowest BCUT2D eigenvalue weighted by molar-refractivity contribution is 0.821. The van der Waals surface area contributed by atoms with E-state index in [-0.39, 0.29) is 0 Å². The molecule has 2 N–H and O–H groups in total. The molecule has 0 bridgehead atoms. The molecule has 0 radical (unpaired) electrons. The zero-order valence-electron chi connectivity index (χ0n) is 10.4. The van der Waals surface area contributed by atoms with Gasteiger partial charge in [-0.05, 0) is 18.4 Å². The van der Waals surface area contributed by atoms with Crippen molar-refractivity contribution in [3.8, 4) is 0 Å². The average molecular weight is 280 g/mol. The number of guanidine groups is 1. The third-order valence-electron chi connectivity index (χ3n) is 2.33. The first-order valence-electron chi connectivity index (χ1n) is 5.66. The maximum atomic E-state index is 4.23. The van der Waals surface area contributed by atoms with Crippen LogP contribution in [0.2, 0.25) is 0 Å². The van der Waals surface area contributed by atoms with Gasteiger partial charge >= 0.3 is 0 Å². The first kappa shape index (κ1) is 13.0. The summed E-state index contributed by atoms with van der Waals surface area (Å²) in [5.74, 6) is 0.814. The van der Waals surface area contributed by atoms with Crippen molar-refractivity contribution < 1.29 is 0 Å². The van der Waals surface area contributed by atoms with Crippen molar-refractivity contribution in [1.82, 2.24) is 15.6 Å². The molecule has 2 rings (SSSR count). The molecule has 0 spiro atoms. The van der Waals surface area contributed by atoms with Crippen LogP contribution < -0.4 is 10.6 Å². The van der Waals surface area contributed by atoms with E-state index in [2.05, 4.69) is 38.1 Å². The van der Waals surface area contributed by atoms with E-state index in [0.717, 1.165) is 24.1 Å². The number of thiophene rings is 1. The molecule has 0 aromatic carbocycles. The van der Waals surface area contributed by atoms with E-state index < -0.39 is 0 Å². The molecule has 0 aliphatic carbocycles. The summed E-state index contributed by atoms with van der Waals surface area (Å²) in [7, 11) is 1.78. The van der Waals surface area contributed by atoms with Crippen LogP contribution in [0.3, 0.4) is 0 Å². The minimum absolute atomic E-state index is 0.760. The van der Waals surface area contributed by atoms with E-state index in [1.165, 1.54) is 9.75 Å². The fourth-order valence-corrected chi connectivity index (χ4v) is 2.84. The van der Waals surface area contributed by atoms with Crippen LogP contribution in [0.1, 0.15) is 14.8 Å². The van der Waals surface area contributed by atoms with Crippen molar-refractivity contribution in [2.24, 2.45) is 4.99 Å². The molecule has 6 heteroatoms. The highest BCUT2D eigenvalue weighted by atomic mass is 32.1. The van der Waals surface area contributed by atoms with E-state index in [1.807, 2.05) is 13.1 Å². The number of nitrogens with one attached hydrogen (secondary N) is 2. The molecule has 0 atom stereocenters. The zero-order chi connectivity index (χ0) is 12.8. The molecule has 96 valence electrons. The number of hydrogen-bond donors (Lipinski definition) is 2. The molecule has 2 aromatic heterocycles. The van der Waals surface area contributed by atoms with Crippen molar-refractivity contribution >= 4 is 28.6 Å². The van der Waals surface area contributed by atoms with Crippen molar-refractivity contribution in [2.75, 3.05) is 7.05 Å². The van der Waals surface area contributed by atoms with Crippen molar-refractivity contribution in [2.45, 2.75) is 20.0 Å².